The molecule has 0 radical (unpaired) electrons. The Balaban J connectivity index is -0.000000317. The van der Waals surface area contributed by atoms with Crippen LogP contribution in [0.3, 0.4) is 0 Å². The van der Waals surface area contributed by atoms with Gasteiger partial charge in [0.1, 0.15) is 46.2 Å². The molecule has 6 N–H and O–H groups in total. The van der Waals surface area contributed by atoms with E-state index in [1.807, 2.05) is 27.7 Å². The maximum absolute atomic E-state index is 11.3. The largest absolute Gasteiger partial charge is 0.481 e. The molecular formula is C59H98N2O27. The number of piperidine rings is 1. The Morgan fingerprint density at radius 3 is 1.06 bits per heavy atom. The fourth-order valence-corrected chi connectivity index (χ4v) is 6.60. The molecule has 2 rings (SSSR count). The summed E-state index contributed by atoms with van der Waals surface area (Å²) in [5.74, 6) is -6.98. The van der Waals surface area contributed by atoms with Crippen LogP contribution in [0.2, 0.25) is 0 Å². The molecule has 0 unspecified atom stereocenters. The first-order valence-electron chi connectivity index (χ1n) is 28.5. The third-order valence-corrected chi connectivity index (χ3v) is 10.9. The van der Waals surface area contributed by atoms with Crippen molar-refractivity contribution in [3.8, 4) is 0 Å². The summed E-state index contributed by atoms with van der Waals surface area (Å²) in [5.41, 5.74) is -0.637. The number of aliphatic hydroxyl groups excluding tert-OH is 3. The summed E-state index contributed by atoms with van der Waals surface area (Å²) in [5, 5.41) is 54.0. The number of carboxylic acids is 2. The smallest absolute Gasteiger partial charge is 0.330 e. The van der Waals surface area contributed by atoms with E-state index in [0.29, 0.717) is 51.4 Å². The van der Waals surface area contributed by atoms with Crippen molar-refractivity contribution in [2.45, 2.75) is 168 Å². The van der Waals surface area contributed by atoms with E-state index in [-0.39, 0.29) is 134 Å². The second-order valence-electron chi connectivity index (χ2n) is 19.2. The van der Waals surface area contributed by atoms with Gasteiger partial charge in [0.25, 0.3) is 0 Å². The van der Waals surface area contributed by atoms with Gasteiger partial charge >= 0.3 is 71.6 Å². The van der Waals surface area contributed by atoms with E-state index in [2.05, 4.69) is 80.4 Å². The molecule has 0 aromatic rings. The van der Waals surface area contributed by atoms with E-state index in [4.69, 9.17) is 34.6 Å². The first kappa shape index (κ1) is 89.3. The molecule has 0 atom stereocenters. The molecule has 0 aromatic heterocycles. The molecular weight excluding hydrogens is 1170 g/mol. The molecule has 0 bridgehead atoms. The highest BCUT2D eigenvalue weighted by atomic mass is 16.6. The monoisotopic (exact) mass is 1270 g/mol. The van der Waals surface area contributed by atoms with Gasteiger partial charge in [-0.05, 0) is 92.3 Å². The third kappa shape index (κ3) is 61.6. The van der Waals surface area contributed by atoms with Crippen molar-refractivity contribution < 1.29 is 131 Å². The zero-order valence-electron chi connectivity index (χ0n) is 52.4. The summed E-state index contributed by atoms with van der Waals surface area (Å²) in [7, 11) is 0. The van der Waals surface area contributed by atoms with Crippen molar-refractivity contribution in [1.29, 1.82) is 0 Å². The highest BCUT2D eigenvalue weighted by Gasteiger charge is 2.44. The van der Waals surface area contributed by atoms with Crippen molar-refractivity contribution in [2.24, 2.45) is 0 Å². The fourth-order valence-electron chi connectivity index (χ4n) is 6.60. The first-order valence-corrected chi connectivity index (χ1v) is 28.5. The van der Waals surface area contributed by atoms with Crippen LogP contribution in [-0.2, 0) is 100 Å². The van der Waals surface area contributed by atoms with Gasteiger partial charge in [0.15, 0.2) is 0 Å². The standard InChI is InChI=1S/C15H22O8.C11H18O5.C9H19NO2.C9H12O6.C6H15N.C5H8O3.C4H4O3/c1-2-13(18)22-10-11-23-14(19)6-4-3-5-9-21-15(20)8-7-12(16)17;1-2-10(13)15-8-9-16-11(14)6-4-3-5-7-12;1-8(2)5-7(11)6-9(3,4)10(8)12;1-2-8(12)14-5-6-15-9(13)4-3-7(10)11;1-4-7(5-2)6-3;1-2-5(7)8-4-3-6;5-3-1-2-4(6)7-3/h2H,1,3-11H2,(H,16,17);2,12H,1,3-9H2;7,11-12H,5-6H2,1-4H3;2H,1,3-6H2,(H,10,11);4-6H2,1-3H3;2,6H,1,3-4H2;1-2H2. The normalized spacial score (nSPS) is 13.1. The van der Waals surface area contributed by atoms with Crippen LogP contribution in [0.1, 0.15) is 151 Å². The number of unbranched alkanes of at least 4 members (excludes halogenated alkanes) is 4. The van der Waals surface area contributed by atoms with Gasteiger partial charge in [-0.25, -0.2) is 19.2 Å². The molecule has 0 aliphatic carbocycles. The van der Waals surface area contributed by atoms with E-state index in [0.717, 1.165) is 30.7 Å². The van der Waals surface area contributed by atoms with Crippen LogP contribution in [0.25, 0.3) is 0 Å². The molecule has 29 heteroatoms. The van der Waals surface area contributed by atoms with E-state index in [1.54, 1.807) is 0 Å². The molecule has 88 heavy (non-hydrogen) atoms. The summed E-state index contributed by atoms with van der Waals surface area (Å²) in [6.45, 7) is 30.9. The number of carbonyl (C=O) groups excluding carboxylic acids is 10. The van der Waals surface area contributed by atoms with E-state index in [9.17, 15) is 67.8 Å². The van der Waals surface area contributed by atoms with Crippen LogP contribution in [0, 0.1) is 0 Å². The topological polar surface area (TPSA) is 416 Å². The Labute approximate surface area is 515 Å². The molecule has 2 saturated heterocycles. The quantitative estimate of drug-likeness (QED) is 0.0168. The minimum atomic E-state index is -1.06. The average Bonchev–Trinajstić information content (AvgIpc) is 3.90. The number of aliphatic hydroxyl groups is 3. The number of cyclic esters (lactones) is 2. The molecule has 0 aromatic carbocycles. The van der Waals surface area contributed by atoms with Crippen LogP contribution in [0.4, 0.5) is 0 Å². The fraction of sp³-hybridized carbons (Fsp3) is 0.661. The van der Waals surface area contributed by atoms with Crippen molar-refractivity contribution in [3.05, 3.63) is 50.6 Å². The minimum Gasteiger partial charge on any atom is -0.481 e. The number of hydroxylamine groups is 2. The summed E-state index contributed by atoms with van der Waals surface area (Å²) < 4.78 is 41.2. The second-order valence-corrected chi connectivity index (χ2v) is 19.2. The average molecular weight is 1270 g/mol. The first-order chi connectivity index (χ1) is 41.4. The van der Waals surface area contributed by atoms with Crippen LogP contribution in [-0.4, -0.2) is 215 Å². The van der Waals surface area contributed by atoms with Gasteiger partial charge in [0.05, 0.1) is 57.8 Å². The van der Waals surface area contributed by atoms with E-state index >= 15 is 0 Å². The number of rotatable bonds is 35. The molecule has 0 amide bonds. The molecule has 2 fully saturated rings. The number of esters is 10. The minimum absolute atomic E-state index is 0.000393. The molecule has 2 heterocycles. The van der Waals surface area contributed by atoms with Gasteiger partial charge in [-0.2, -0.15) is 5.06 Å². The van der Waals surface area contributed by atoms with Gasteiger partial charge in [-0.1, -0.05) is 53.5 Å². The number of ether oxygens (including phenoxy) is 9. The highest BCUT2D eigenvalue weighted by Crippen LogP contribution is 2.36. The van der Waals surface area contributed by atoms with Gasteiger partial charge in [0.2, 0.25) is 0 Å². The summed E-state index contributed by atoms with van der Waals surface area (Å²) >= 11 is 0. The Kier molecular flexibility index (Phi) is 59.4. The van der Waals surface area contributed by atoms with Crippen LogP contribution < -0.4 is 0 Å². The Bertz CT molecular complexity index is 2030. The number of carboxylic acid groups (broad SMARTS) is 2. The number of hydrogen-bond donors (Lipinski definition) is 6. The van der Waals surface area contributed by atoms with Crippen LogP contribution in [0.15, 0.2) is 50.6 Å². The van der Waals surface area contributed by atoms with Crippen molar-refractivity contribution >= 4 is 71.6 Å². The lowest BCUT2D eigenvalue weighted by atomic mass is 9.80. The van der Waals surface area contributed by atoms with Crippen molar-refractivity contribution in [1.82, 2.24) is 9.96 Å². The number of aliphatic carboxylic acids is 2. The maximum Gasteiger partial charge on any atom is 0.330 e. The molecule has 0 spiro atoms. The lowest BCUT2D eigenvalue weighted by Crippen LogP contribution is -2.60. The summed E-state index contributed by atoms with van der Waals surface area (Å²) in [6, 6.07) is 0. The number of nitrogens with zero attached hydrogens (tertiary/aromatic N) is 2. The van der Waals surface area contributed by atoms with Gasteiger partial charge in [-0.3, -0.25) is 38.4 Å². The summed E-state index contributed by atoms with van der Waals surface area (Å²) in [6.07, 6.45) is 9.37. The molecule has 2 aliphatic rings. The molecule has 2 aliphatic heterocycles. The van der Waals surface area contributed by atoms with Gasteiger partial charge in [-0.15, -0.1) is 0 Å². The zero-order valence-corrected chi connectivity index (χ0v) is 52.4. The number of hydrogen-bond acceptors (Lipinski definition) is 27. The Morgan fingerprint density at radius 2 is 0.784 bits per heavy atom. The SMILES string of the molecule is C=CC(=O)OCCO.C=CC(=O)OCCOC(=O)CCC(=O)O.C=CC(=O)OCCOC(=O)CCCCCO.C=CC(=O)OCCOC(=O)CCCCCOC(=O)CCC(=O)O.CC1(C)CC(O)CC(C)(C)N1O.CCN(CC)CC.O=C1CCC(=O)O1. The lowest BCUT2D eigenvalue weighted by molar-refractivity contribution is -0.257. The predicted molar refractivity (Wildman–Crippen MR) is 314 cm³/mol. The van der Waals surface area contributed by atoms with E-state index < -0.39 is 65.7 Å². The van der Waals surface area contributed by atoms with Crippen LogP contribution in [0.5, 0.6) is 0 Å². The molecule has 506 valence electrons. The predicted octanol–water partition coefficient (Wildman–Crippen LogP) is 4.46. The molecule has 0 saturated carbocycles. The Morgan fingerprint density at radius 1 is 0.477 bits per heavy atom. The maximum atomic E-state index is 11.3. The van der Waals surface area contributed by atoms with E-state index in [1.165, 1.54) is 24.7 Å². The highest BCUT2D eigenvalue weighted by molar-refractivity contribution is 5.92. The lowest BCUT2D eigenvalue weighted by Gasteiger charge is -2.50. The zero-order chi connectivity index (χ0) is 68.4. The van der Waals surface area contributed by atoms with Crippen molar-refractivity contribution in [3.63, 3.8) is 0 Å². The van der Waals surface area contributed by atoms with Crippen LogP contribution >= 0.6 is 0 Å². The summed E-state index contributed by atoms with van der Waals surface area (Å²) in [4.78, 5) is 129. The number of carbonyl (C=O) groups is 12. The Hall–Kier alpha value is -7.44. The van der Waals surface area contributed by atoms with Crippen molar-refractivity contribution in [2.75, 3.05) is 85.7 Å². The third-order valence-electron chi connectivity index (χ3n) is 10.9. The second kappa shape index (κ2) is 58.6. The van der Waals surface area contributed by atoms with Gasteiger partial charge in [0, 0.05) is 54.8 Å². The molecule has 29 nitrogen and oxygen atoms in total. The van der Waals surface area contributed by atoms with Gasteiger partial charge < -0.3 is 78.3 Å².